The standard InChI is InChI=1S/C8H12F3N3O3/c1-2-16-7(15)6(5-14-12)13-3-4-17-8(9,10)11/h5H,2-4,12H2,1H3/b13-6?,14-5-. The number of alkyl halides is 3. The van der Waals surface area contributed by atoms with Crippen molar-refractivity contribution in [3.05, 3.63) is 0 Å². The Balaban J connectivity index is 4.27. The maximum atomic E-state index is 11.6. The molecule has 0 rings (SSSR count). The Bertz CT molecular complexity index is 302. The second-order valence-electron chi connectivity index (χ2n) is 2.56. The summed E-state index contributed by atoms with van der Waals surface area (Å²) in [5.74, 6) is 4.00. The number of nitrogens with zero attached hydrogens (tertiary/aromatic N) is 2. The zero-order valence-corrected chi connectivity index (χ0v) is 9.03. The summed E-state index contributed by atoms with van der Waals surface area (Å²) < 4.78 is 42.8. The molecule has 0 bridgehead atoms. The average molecular weight is 255 g/mol. The van der Waals surface area contributed by atoms with Crippen molar-refractivity contribution in [2.75, 3.05) is 19.8 Å². The van der Waals surface area contributed by atoms with Crippen molar-refractivity contribution in [1.29, 1.82) is 0 Å². The molecule has 0 fully saturated rings. The summed E-state index contributed by atoms with van der Waals surface area (Å²) in [6.07, 6.45) is -3.83. The van der Waals surface area contributed by atoms with E-state index in [1.807, 2.05) is 0 Å². The van der Waals surface area contributed by atoms with Gasteiger partial charge < -0.3 is 10.6 Å². The van der Waals surface area contributed by atoms with Gasteiger partial charge in [0.2, 0.25) is 0 Å². The van der Waals surface area contributed by atoms with E-state index in [4.69, 9.17) is 5.84 Å². The van der Waals surface area contributed by atoms with Gasteiger partial charge in [-0.15, -0.1) is 13.2 Å². The molecule has 0 aliphatic heterocycles. The second-order valence-corrected chi connectivity index (χ2v) is 2.56. The molecule has 0 saturated carbocycles. The van der Waals surface area contributed by atoms with Crippen LogP contribution in [0.15, 0.2) is 10.1 Å². The topological polar surface area (TPSA) is 86.3 Å². The molecule has 0 saturated heterocycles. The number of rotatable bonds is 6. The lowest BCUT2D eigenvalue weighted by atomic mass is 10.4. The van der Waals surface area contributed by atoms with Gasteiger partial charge in [0, 0.05) is 0 Å². The van der Waals surface area contributed by atoms with E-state index >= 15 is 0 Å². The van der Waals surface area contributed by atoms with Gasteiger partial charge in [-0.05, 0) is 6.92 Å². The Morgan fingerprint density at radius 3 is 2.59 bits per heavy atom. The first-order chi connectivity index (χ1) is 7.90. The lowest BCUT2D eigenvalue weighted by Crippen LogP contribution is -2.21. The zero-order valence-electron chi connectivity index (χ0n) is 9.03. The number of carbonyl (C=O) groups is 1. The molecule has 0 aliphatic rings. The molecule has 98 valence electrons. The van der Waals surface area contributed by atoms with E-state index in [0.29, 0.717) is 0 Å². The molecule has 6 nitrogen and oxygen atoms in total. The molecule has 0 amide bonds. The number of halogens is 3. The number of hydrogen-bond acceptors (Lipinski definition) is 6. The van der Waals surface area contributed by atoms with Crippen LogP contribution in [-0.2, 0) is 14.3 Å². The molecule has 0 aromatic rings. The third-order valence-corrected chi connectivity index (χ3v) is 1.32. The van der Waals surface area contributed by atoms with Gasteiger partial charge in [0.05, 0.1) is 26.0 Å². The number of hydrazone groups is 1. The minimum absolute atomic E-state index is 0.106. The van der Waals surface area contributed by atoms with E-state index in [1.165, 1.54) is 0 Å². The van der Waals surface area contributed by atoms with Gasteiger partial charge in [0.1, 0.15) is 0 Å². The Kier molecular flexibility index (Phi) is 6.87. The van der Waals surface area contributed by atoms with E-state index in [1.54, 1.807) is 6.92 Å². The number of ether oxygens (including phenoxy) is 2. The highest BCUT2D eigenvalue weighted by molar-refractivity contribution is 6.59. The van der Waals surface area contributed by atoms with Gasteiger partial charge in [-0.3, -0.25) is 9.73 Å². The van der Waals surface area contributed by atoms with Gasteiger partial charge in [-0.25, -0.2) is 4.79 Å². The van der Waals surface area contributed by atoms with Crippen molar-refractivity contribution in [2.45, 2.75) is 13.3 Å². The number of carbonyl (C=O) groups excluding carboxylic acids is 1. The highest BCUT2D eigenvalue weighted by Crippen LogP contribution is 2.15. The van der Waals surface area contributed by atoms with Crippen LogP contribution >= 0.6 is 0 Å². The fourth-order valence-corrected chi connectivity index (χ4v) is 0.761. The third kappa shape index (κ3) is 8.20. The Labute approximate surface area is 95.3 Å². The summed E-state index contributed by atoms with van der Waals surface area (Å²) in [7, 11) is 0. The SMILES string of the molecule is CCOC(=O)C(/C=N\N)=NCCOC(F)(F)F. The maximum Gasteiger partial charge on any atom is 0.522 e. The number of aliphatic imine (C=N–C) groups is 1. The van der Waals surface area contributed by atoms with Crippen molar-refractivity contribution in [2.24, 2.45) is 15.9 Å². The van der Waals surface area contributed by atoms with Gasteiger partial charge in [-0.1, -0.05) is 0 Å². The highest BCUT2D eigenvalue weighted by atomic mass is 19.4. The lowest BCUT2D eigenvalue weighted by Gasteiger charge is -2.05. The van der Waals surface area contributed by atoms with Gasteiger partial charge >= 0.3 is 12.3 Å². The van der Waals surface area contributed by atoms with Crippen LogP contribution in [0.5, 0.6) is 0 Å². The lowest BCUT2D eigenvalue weighted by molar-refractivity contribution is -0.323. The summed E-state index contributed by atoms with van der Waals surface area (Å²) in [4.78, 5) is 14.7. The molecule has 2 N–H and O–H groups in total. The minimum atomic E-state index is -4.72. The van der Waals surface area contributed by atoms with E-state index in [9.17, 15) is 18.0 Å². The molecule has 0 radical (unpaired) electrons. The second kappa shape index (κ2) is 7.60. The number of hydrogen-bond donors (Lipinski definition) is 1. The molecular formula is C8H12F3N3O3. The van der Waals surface area contributed by atoms with Crippen LogP contribution in [0.25, 0.3) is 0 Å². The molecule has 0 spiro atoms. The number of nitrogens with two attached hydrogens (primary N) is 1. The Morgan fingerprint density at radius 1 is 1.47 bits per heavy atom. The van der Waals surface area contributed by atoms with E-state index in [0.717, 1.165) is 6.21 Å². The van der Waals surface area contributed by atoms with Crippen LogP contribution < -0.4 is 5.84 Å². The fourth-order valence-electron chi connectivity index (χ4n) is 0.761. The first-order valence-electron chi connectivity index (χ1n) is 4.56. The monoisotopic (exact) mass is 255 g/mol. The van der Waals surface area contributed by atoms with E-state index in [-0.39, 0.29) is 18.9 Å². The molecule has 17 heavy (non-hydrogen) atoms. The highest BCUT2D eigenvalue weighted by Gasteiger charge is 2.28. The molecular weight excluding hydrogens is 243 g/mol. The summed E-state index contributed by atoms with van der Waals surface area (Å²) in [5, 5.41) is 3.05. The van der Waals surface area contributed by atoms with Crippen molar-refractivity contribution >= 4 is 17.9 Å². The summed E-state index contributed by atoms with van der Waals surface area (Å²) in [5.41, 5.74) is -0.264. The van der Waals surface area contributed by atoms with Crippen molar-refractivity contribution in [1.82, 2.24) is 0 Å². The molecule has 0 aromatic heterocycles. The first kappa shape index (κ1) is 15.4. The third-order valence-electron chi connectivity index (χ3n) is 1.32. The molecule has 0 aliphatic carbocycles. The molecule has 0 unspecified atom stereocenters. The quantitative estimate of drug-likeness (QED) is 0.246. The van der Waals surface area contributed by atoms with Crippen molar-refractivity contribution in [3.63, 3.8) is 0 Å². The minimum Gasteiger partial charge on any atom is -0.461 e. The van der Waals surface area contributed by atoms with Crippen LogP contribution in [-0.4, -0.2) is 44.0 Å². The smallest absolute Gasteiger partial charge is 0.461 e. The Morgan fingerprint density at radius 2 is 2.12 bits per heavy atom. The fraction of sp³-hybridized carbons (Fsp3) is 0.625. The average Bonchev–Trinajstić information content (AvgIpc) is 2.21. The van der Waals surface area contributed by atoms with Crippen LogP contribution in [0.4, 0.5) is 13.2 Å². The van der Waals surface area contributed by atoms with Crippen LogP contribution in [0.2, 0.25) is 0 Å². The first-order valence-corrected chi connectivity index (χ1v) is 4.56. The van der Waals surface area contributed by atoms with Crippen LogP contribution in [0, 0.1) is 0 Å². The molecule has 9 heteroatoms. The van der Waals surface area contributed by atoms with Crippen molar-refractivity contribution in [3.8, 4) is 0 Å². The van der Waals surface area contributed by atoms with Crippen molar-refractivity contribution < 1.29 is 27.4 Å². The predicted octanol–water partition coefficient (Wildman–Crippen LogP) is 0.471. The zero-order chi connectivity index (χ0) is 13.3. The summed E-state index contributed by atoms with van der Waals surface area (Å²) in [6.45, 7) is 0.613. The van der Waals surface area contributed by atoms with E-state index in [2.05, 4.69) is 19.6 Å². The van der Waals surface area contributed by atoms with E-state index < -0.39 is 18.9 Å². The van der Waals surface area contributed by atoms with Gasteiger partial charge in [0.15, 0.2) is 5.71 Å². The predicted molar refractivity (Wildman–Crippen MR) is 53.6 cm³/mol. The van der Waals surface area contributed by atoms with Gasteiger partial charge in [-0.2, -0.15) is 5.10 Å². The Hall–Kier alpha value is -1.64. The molecule has 0 atom stereocenters. The maximum absolute atomic E-state index is 11.6. The molecule has 0 aromatic carbocycles. The molecule has 0 heterocycles. The summed E-state index contributed by atoms with van der Waals surface area (Å²) in [6, 6.07) is 0. The van der Waals surface area contributed by atoms with Crippen LogP contribution in [0.1, 0.15) is 6.92 Å². The summed E-state index contributed by atoms with van der Waals surface area (Å²) >= 11 is 0. The normalized spacial score (nSPS) is 13.1. The van der Waals surface area contributed by atoms with Crippen LogP contribution in [0.3, 0.4) is 0 Å². The van der Waals surface area contributed by atoms with Gasteiger partial charge in [0.25, 0.3) is 0 Å². The number of esters is 1. The largest absolute Gasteiger partial charge is 0.522 e.